The molecule has 0 fully saturated rings. The van der Waals surface area contributed by atoms with Crippen molar-refractivity contribution in [3.05, 3.63) is 11.9 Å². The van der Waals surface area contributed by atoms with E-state index in [0.717, 1.165) is 18.9 Å². The summed E-state index contributed by atoms with van der Waals surface area (Å²) in [5.41, 5.74) is 2.15. The van der Waals surface area contributed by atoms with Gasteiger partial charge in [0.05, 0.1) is 42.9 Å². The van der Waals surface area contributed by atoms with Gasteiger partial charge in [0.1, 0.15) is 12.7 Å². The van der Waals surface area contributed by atoms with Gasteiger partial charge in [-0.1, -0.05) is 13.8 Å². The lowest BCUT2D eigenvalue weighted by molar-refractivity contribution is -0.978. The number of carboxylic acids is 2. The van der Waals surface area contributed by atoms with Crippen molar-refractivity contribution in [1.82, 2.24) is 8.75 Å². The SMILES string of the molecule is CC(C)COc1nsnc1C1=C[NH2+]C[NH+](C)C1.O=C([O-])C(=O)[O-]. The second kappa shape index (κ2) is 9.18. The molecule has 0 aromatic carbocycles. The smallest absolute Gasteiger partial charge is 0.254 e. The molecule has 0 aliphatic carbocycles. The predicted octanol–water partition coefficient (Wildman–Crippen LogP) is -4.55. The summed E-state index contributed by atoms with van der Waals surface area (Å²) in [6.45, 7) is 7.01. The molecule has 9 nitrogen and oxygen atoms in total. The Morgan fingerprint density at radius 1 is 1.39 bits per heavy atom. The molecule has 2 rings (SSSR count). The van der Waals surface area contributed by atoms with Crippen molar-refractivity contribution < 1.29 is 34.8 Å². The van der Waals surface area contributed by atoms with Gasteiger partial charge in [-0.3, -0.25) is 10.2 Å². The number of carboxylic acid groups (broad SMARTS) is 2. The molecule has 0 bridgehead atoms. The number of likely N-dealkylation sites (N-methyl/N-ethyl adjacent to an activating group) is 1. The van der Waals surface area contributed by atoms with Gasteiger partial charge in [-0.2, -0.15) is 4.37 Å². The number of ether oxygens (including phenoxy) is 1. The number of nitrogens with two attached hydrogens (primary N) is 1. The quantitative estimate of drug-likeness (QED) is 0.525. The molecule has 23 heavy (non-hydrogen) atoms. The van der Waals surface area contributed by atoms with Crippen LogP contribution in [-0.2, 0) is 9.59 Å². The molecule has 1 aromatic rings. The van der Waals surface area contributed by atoms with E-state index < -0.39 is 11.9 Å². The van der Waals surface area contributed by atoms with Gasteiger partial charge in [0, 0.05) is 0 Å². The van der Waals surface area contributed by atoms with Gasteiger partial charge < -0.3 is 24.5 Å². The summed E-state index contributed by atoms with van der Waals surface area (Å²) in [6, 6.07) is 0. The van der Waals surface area contributed by atoms with E-state index in [2.05, 4.69) is 41.2 Å². The normalized spacial score (nSPS) is 17.0. The van der Waals surface area contributed by atoms with Gasteiger partial charge in [0.2, 0.25) is 6.67 Å². The van der Waals surface area contributed by atoms with Gasteiger partial charge in [-0.05, 0) is 5.92 Å². The summed E-state index contributed by atoms with van der Waals surface area (Å²) in [5.74, 6) is -3.17. The zero-order valence-corrected chi connectivity index (χ0v) is 14.0. The van der Waals surface area contributed by atoms with Crippen molar-refractivity contribution >= 4 is 29.2 Å². The lowest BCUT2D eigenvalue weighted by atomic mass is 10.2. The minimum absolute atomic E-state index is 0.504. The van der Waals surface area contributed by atoms with Crippen LogP contribution in [0.4, 0.5) is 0 Å². The average molecular weight is 344 g/mol. The van der Waals surface area contributed by atoms with Crippen LogP contribution in [-0.4, -0.2) is 47.6 Å². The van der Waals surface area contributed by atoms with Gasteiger partial charge >= 0.3 is 0 Å². The number of hydrogen-bond acceptors (Lipinski definition) is 8. The van der Waals surface area contributed by atoms with Crippen molar-refractivity contribution in [2.75, 3.05) is 26.9 Å². The maximum absolute atomic E-state index is 8.93. The highest BCUT2D eigenvalue weighted by atomic mass is 32.1. The molecule has 10 heteroatoms. The fourth-order valence-corrected chi connectivity index (χ4v) is 2.27. The van der Waals surface area contributed by atoms with Crippen LogP contribution >= 0.6 is 11.7 Å². The molecule has 0 saturated carbocycles. The highest BCUT2D eigenvalue weighted by Crippen LogP contribution is 2.22. The molecule has 1 aliphatic heterocycles. The Morgan fingerprint density at radius 2 is 2.04 bits per heavy atom. The number of hydrogen-bond donors (Lipinski definition) is 2. The minimum Gasteiger partial charge on any atom is -0.543 e. The molecule has 1 atom stereocenters. The molecule has 2 heterocycles. The highest BCUT2D eigenvalue weighted by molar-refractivity contribution is 6.99. The molecule has 0 spiro atoms. The van der Waals surface area contributed by atoms with Crippen LogP contribution in [0.15, 0.2) is 6.20 Å². The molecule has 1 aliphatic rings. The molecule has 1 aromatic heterocycles. The van der Waals surface area contributed by atoms with Gasteiger partial charge in [0.25, 0.3) is 5.88 Å². The number of carbonyl (C=O) groups is 2. The summed E-state index contributed by atoms with van der Waals surface area (Å²) in [5, 5.41) is 20.0. The lowest BCUT2D eigenvalue weighted by Crippen LogP contribution is -3.20. The third-order valence-corrected chi connectivity index (χ3v) is 3.27. The molecular weight excluding hydrogens is 324 g/mol. The zero-order valence-electron chi connectivity index (χ0n) is 13.2. The van der Waals surface area contributed by atoms with E-state index in [1.165, 1.54) is 22.2 Å². The first-order valence-corrected chi connectivity index (χ1v) is 7.76. The van der Waals surface area contributed by atoms with E-state index in [9.17, 15) is 0 Å². The first-order chi connectivity index (χ1) is 10.8. The highest BCUT2D eigenvalue weighted by Gasteiger charge is 2.22. The van der Waals surface area contributed by atoms with Crippen LogP contribution in [0, 0.1) is 5.92 Å². The van der Waals surface area contributed by atoms with Crippen LogP contribution in [0.3, 0.4) is 0 Å². The Morgan fingerprint density at radius 3 is 2.57 bits per heavy atom. The van der Waals surface area contributed by atoms with E-state index in [4.69, 9.17) is 24.5 Å². The molecular formula is C13H20N4O5S. The van der Waals surface area contributed by atoms with Crippen LogP contribution in [0.2, 0.25) is 0 Å². The second-order valence-corrected chi connectivity index (χ2v) is 5.99. The fraction of sp³-hybridized carbons (Fsp3) is 0.538. The number of quaternary nitrogens is 2. The van der Waals surface area contributed by atoms with Crippen LogP contribution in [0.5, 0.6) is 5.88 Å². The van der Waals surface area contributed by atoms with Gasteiger partial charge in [-0.25, -0.2) is 0 Å². The number of nitrogens with one attached hydrogen (secondary N) is 1. The molecule has 3 N–H and O–H groups in total. The van der Waals surface area contributed by atoms with E-state index >= 15 is 0 Å². The standard InChI is InChI=1S/C11H18N4OS.C2H2O4/c1-8(2)6-16-11-10(13-17-14-11)9-4-12-7-15(3)5-9;3-1(4)2(5)6/h4,8,12H,5-7H2,1-3H3;(H,3,4)(H,5,6). The molecule has 1 unspecified atom stereocenters. The number of nitrogens with zero attached hydrogens (tertiary/aromatic N) is 2. The van der Waals surface area contributed by atoms with Crippen molar-refractivity contribution in [2.24, 2.45) is 5.92 Å². The number of aromatic nitrogens is 2. The third-order valence-electron chi connectivity index (χ3n) is 2.76. The Hall–Kier alpha value is -2.04. The van der Waals surface area contributed by atoms with Crippen molar-refractivity contribution in [3.63, 3.8) is 0 Å². The maximum atomic E-state index is 8.93. The van der Waals surface area contributed by atoms with Gasteiger partial charge in [-0.15, -0.1) is 4.37 Å². The minimum atomic E-state index is -2.19. The predicted molar refractivity (Wildman–Crippen MR) is 76.8 cm³/mol. The van der Waals surface area contributed by atoms with Crippen molar-refractivity contribution in [1.29, 1.82) is 0 Å². The monoisotopic (exact) mass is 344 g/mol. The topological polar surface area (TPSA) is 136 Å². The molecule has 0 saturated heterocycles. The third kappa shape index (κ3) is 6.72. The average Bonchev–Trinajstić information content (AvgIpc) is 2.94. The number of aliphatic carboxylic acids is 2. The molecule has 128 valence electrons. The summed E-state index contributed by atoms with van der Waals surface area (Å²) in [7, 11) is 2.18. The summed E-state index contributed by atoms with van der Waals surface area (Å²) in [6.07, 6.45) is 2.14. The number of rotatable bonds is 4. The summed E-state index contributed by atoms with van der Waals surface area (Å²) < 4.78 is 14.3. The van der Waals surface area contributed by atoms with E-state index in [1.54, 1.807) is 0 Å². The van der Waals surface area contributed by atoms with Gasteiger partial charge in [0.15, 0.2) is 5.69 Å². The Balaban J connectivity index is 0.000000379. The Labute approximate surface area is 137 Å². The van der Waals surface area contributed by atoms with E-state index in [-0.39, 0.29) is 0 Å². The van der Waals surface area contributed by atoms with E-state index in [0.29, 0.717) is 18.4 Å². The zero-order chi connectivity index (χ0) is 17.4. The number of carbonyl (C=O) groups excluding carboxylic acids is 2. The van der Waals surface area contributed by atoms with Crippen LogP contribution < -0.4 is 25.2 Å². The lowest BCUT2D eigenvalue weighted by Gasteiger charge is -2.17. The Bertz CT molecular complexity index is 560. The molecule has 0 amide bonds. The van der Waals surface area contributed by atoms with Crippen molar-refractivity contribution in [3.8, 4) is 5.88 Å². The maximum Gasteiger partial charge on any atom is 0.254 e. The first-order valence-electron chi connectivity index (χ1n) is 7.03. The molecule has 0 radical (unpaired) electrons. The van der Waals surface area contributed by atoms with Crippen LogP contribution in [0.1, 0.15) is 19.5 Å². The Kier molecular flexibility index (Phi) is 7.59. The van der Waals surface area contributed by atoms with Crippen molar-refractivity contribution in [2.45, 2.75) is 13.8 Å². The largest absolute Gasteiger partial charge is 0.543 e. The summed E-state index contributed by atoms with van der Waals surface area (Å²) in [4.78, 5) is 19.3. The second-order valence-electron chi connectivity index (χ2n) is 5.46. The first kappa shape index (κ1) is 19.0. The summed E-state index contributed by atoms with van der Waals surface area (Å²) >= 11 is 1.22. The van der Waals surface area contributed by atoms with E-state index in [1.807, 2.05) is 0 Å². The van der Waals surface area contributed by atoms with Crippen LogP contribution in [0.25, 0.3) is 5.57 Å². The fourth-order valence-electron chi connectivity index (χ4n) is 1.74.